The third-order valence-corrected chi connectivity index (χ3v) is 3.78. The molecule has 1 aromatic heterocycles. The fourth-order valence-corrected chi connectivity index (χ4v) is 2.50. The first-order valence-electron chi connectivity index (χ1n) is 7.08. The van der Waals surface area contributed by atoms with Crippen molar-refractivity contribution >= 4 is 28.3 Å². The zero-order valence-corrected chi connectivity index (χ0v) is 13.7. The number of benzene rings is 1. The van der Waals surface area contributed by atoms with Crippen LogP contribution in [0.1, 0.15) is 40.3 Å². The third-order valence-electron chi connectivity index (χ3n) is 3.02. The van der Waals surface area contributed by atoms with E-state index in [9.17, 15) is 9.59 Å². The van der Waals surface area contributed by atoms with Crippen molar-refractivity contribution in [3.63, 3.8) is 0 Å². The Bertz CT molecular complexity index is 680. The van der Waals surface area contributed by atoms with Crippen LogP contribution in [0, 0.1) is 12.8 Å². The van der Waals surface area contributed by atoms with Gasteiger partial charge in [0, 0.05) is 17.5 Å². The SMILES string of the molecule is Cc1ccccc1C(=O)Nc1nc(C(=O)NCC(C)C)cs1. The molecule has 0 unspecified atom stereocenters. The van der Waals surface area contributed by atoms with Gasteiger partial charge in [0.15, 0.2) is 5.13 Å². The highest BCUT2D eigenvalue weighted by Gasteiger charge is 2.14. The number of amides is 2. The average molecular weight is 317 g/mol. The highest BCUT2D eigenvalue weighted by Crippen LogP contribution is 2.17. The molecule has 0 atom stereocenters. The van der Waals surface area contributed by atoms with Crippen LogP contribution in [0.3, 0.4) is 0 Å². The first-order valence-corrected chi connectivity index (χ1v) is 7.96. The topological polar surface area (TPSA) is 71.1 Å². The van der Waals surface area contributed by atoms with E-state index >= 15 is 0 Å². The molecular weight excluding hydrogens is 298 g/mol. The zero-order chi connectivity index (χ0) is 16.1. The molecule has 0 saturated heterocycles. The molecule has 0 aliphatic rings. The fraction of sp³-hybridized carbons (Fsp3) is 0.312. The maximum absolute atomic E-state index is 12.2. The number of nitrogens with one attached hydrogen (secondary N) is 2. The van der Waals surface area contributed by atoms with Crippen molar-refractivity contribution < 1.29 is 9.59 Å². The number of carbonyl (C=O) groups excluding carboxylic acids is 2. The Morgan fingerprint density at radius 3 is 2.64 bits per heavy atom. The molecule has 0 radical (unpaired) electrons. The van der Waals surface area contributed by atoms with Crippen LogP contribution in [0.25, 0.3) is 0 Å². The fourth-order valence-electron chi connectivity index (χ4n) is 1.81. The number of aryl methyl sites for hydroxylation is 1. The van der Waals surface area contributed by atoms with Gasteiger partial charge in [0.2, 0.25) is 0 Å². The first-order chi connectivity index (χ1) is 10.5. The Labute approximate surface area is 133 Å². The van der Waals surface area contributed by atoms with Crippen molar-refractivity contribution in [2.45, 2.75) is 20.8 Å². The predicted molar refractivity (Wildman–Crippen MR) is 88.4 cm³/mol. The number of carbonyl (C=O) groups is 2. The van der Waals surface area contributed by atoms with E-state index in [0.717, 1.165) is 5.56 Å². The lowest BCUT2D eigenvalue weighted by Crippen LogP contribution is -2.27. The summed E-state index contributed by atoms with van der Waals surface area (Å²) in [6.45, 7) is 6.52. The molecule has 5 nitrogen and oxygen atoms in total. The van der Waals surface area contributed by atoms with Gasteiger partial charge in [-0.25, -0.2) is 4.98 Å². The second-order valence-electron chi connectivity index (χ2n) is 5.41. The van der Waals surface area contributed by atoms with Gasteiger partial charge >= 0.3 is 0 Å². The molecule has 116 valence electrons. The molecule has 0 bridgehead atoms. The lowest BCUT2D eigenvalue weighted by atomic mass is 10.1. The molecule has 1 heterocycles. The van der Waals surface area contributed by atoms with Gasteiger partial charge in [0.05, 0.1) is 0 Å². The molecule has 1 aromatic carbocycles. The van der Waals surface area contributed by atoms with Crippen LogP contribution in [0.5, 0.6) is 0 Å². The average Bonchev–Trinajstić information content (AvgIpc) is 2.93. The summed E-state index contributed by atoms with van der Waals surface area (Å²) in [4.78, 5) is 28.2. The second-order valence-corrected chi connectivity index (χ2v) is 6.27. The summed E-state index contributed by atoms with van der Waals surface area (Å²) in [5, 5.41) is 7.59. The van der Waals surface area contributed by atoms with Crippen LogP contribution in [0.2, 0.25) is 0 Å². The number of hydrogen-bond acceptors (Lipinski definition) is 4. The van der Waals surface area contributed by atoms with E-state index in [1.807, 2.05) is 39.0 Å². The van der Waals surface area contributed by atoms with Crippen molar-refractivity contribution in [1.82, 2.24) is 10.3 Å². The van der Waals surface area contributed by atoms with Crippen molar-refractivity contribution in [3.05, 3.63) is 46.5 Å². The molecule has 0 saturated carbocycles. The predicted octanol–water partition coefficient (Wildman–Crippen LogP) is 3.09. The molecule has 0 fully saturated rings. The van der Waals surface area contributed by atoms with Crippen LogP contribution in [-0.4, -0.2) is 23.3 Å². The highest BCUT2D eigenvalue weighted by molar-refractivity contribution is 7.14. The van der Waals surface area contributed by atoms with E-state index in [-0.39, 0.29) is 11.8 Å². The zero-order valence-electron chi connectivity index (χ0n) is 12.8. The molecule has 22 heavy (non-hydrogen) atoms. The molecule has 2 N–H and O–H groups in total. The summed E-state index contributed by atoms with van der Waals surface area (Å²) in [5.41, 5.74) is 1.82. The summed E-state index contributed by atoms with van der Waals surface area (Å²) >= 11 is 1.24. The Kier molecular flexibility index (Phi) is 5.27. The summed E-state index contributed by atoms with van der Waals surface area (Å²) in [5.74, 6) is -0.0641. The third kappa shape index (κ3) is 4.14. The lowest BCUT2D eigenvalue weighted by molar-refractivity contribution is 0.0943. The molecule has 0 aliphatic carbocycles. The molecule has 2 aromatic rings. The number of hydrogen-bond donors (Lipinski definition) is 2. The first kappa shape index (κ1) is 16.2. The van der Waals surface area contributed by atoms with E-state index in [2.05, 4.69) is 15.6 Å². The van der Waals surface area contributed by atoms with Crippen LogP contribution in [0.4, 0.5) is 5.13 Å². The number of anilines is 1. The molecular formula is C16H19N3O2S. The van der Waals surface area contributed by atoms with Crippen molar-refractivity contribution in [1.29, 1.82) is 0 Å². The summed E-state index contributed by atoms with van der Waals surface area (Å²) in [6.07, 6.45) is 0. The second kappa shape index (κ2) is 7.17. The Morgan fingerprint density at radius 1 is 1.23 bits per heavy atom. The molecule has 0 aliphatic heterocycles. The molecule has 0 spiro atoms. The largest absolute Gasteiger partial charge is 0.350 e. The maximum atomic E-state index is 12.2. The van der Waals surface area contributed by atoms with E-state index in [1.54, 1.807) is 11.4 Å². The van der Waals surface area contributed by atoms with Crippen LogP contribution < -0.4 is 10.6 Å². The van der Waals surface area contributed by atoms with Gasteiger partial charge in [0.1, 0.15) is 5.69 Å². The minimum atomic E-state index is -0.221. The minimum absolute atomic E-state index is 0.221. The van der Waals surface area contributed by atoms with Crippen LogP contribution in [-0.2, 0) is 0 Å². The quantitative estimate of drug-likeness (QED) is 0.890. The normalized spacial score (nSPS) is 10.5. The summed E-state index contributed by atoms with van der Waals surface area (Å²) in [6, 6.07) is 7.33. The van der Waals surface area contributed by atoms with Gasteiger partial charge in [-0.3, -0.25) is 14.9 Å². The van der Waals surface area contributed by atoms with E-state index in [4.69, 9.17) is 0 Å². The number of nitrogens with zero attached hydrogens (tertiary/aromatic N) is 1. The van der Waals surface area contributed by atoms with Gasteiger partial charge in [0.25, 0.3) is 11.8 Å². The number of aromatic nitrogens is 1. The Hall–Kier alpha value is -2.21. The Morgan fingerprint density at radius 2 is 1.95 bits per heavy atom. The van der Waals surface area contributed by atoms with Gasteiger partial charge in [-0.2, -0.15) is 0 Å². The van der Waals surface area contributed by atoms with E-state index < -0.39 is 0 Å². The molecule has 2 rings (SSSR count). The monoisotopic (exact) mass is 317 g/mol. The minimum Gasteiger partial charge on any atom is -0.350 e. The summed E-state index contributed by atoms with van der Waals surface area (Å²) in [7, 11) is 0. The van der Waals surface area contributed by atoms with Crippen LogP contribution in [0.15, 0.2) is 29.6 Å². The Balaban J connectivity index is 2.02. The van der Waals surface area contributed by atoms with Crippen molar-refractivity contribution in [2.75, 3.05) is 11.9 Å². The van der Waals surface area contributed by atoms with Gasteiger partial charge in [-0.05, 0) is 24.5 Å². The molecule has 2 amide bonds. The summed E-state index contributed by atoms with van der Waals surface area (Å²) < 4.78 is 0. The standard InChI is InChI=1S/C16H19N3O2S/c1-10(2)8-17-15(21)13-9-22-16(18-13)19-14(20)12-7-5-4-6-11(12)3/h4-7,9-10H,8H2,1-3H3,(H,17,21)(H,18,19,20). The van der Waals surface area contributed by atoms with E-state index in [1.165, 1.54) is 11.3 Å². The van der Waals surface area contributed by atoms with Crippen LogP contribution >= 0.6 is 11.3 Å². The highest BCUT2D eigenvalue weighted by atomic mass is 32.1. The van der Waals surface area contributed by atoms with Gasteiger partial charge in [-0.1, -0.05) is 32.0 Å². The molecule has 6 heteroatoms. The lowest BCUT2D eigenvalue weighted by Gasteiger charge is -2.05. The van der Waals surface area contributed by atoms with Gasteiger partial charge < -0.3 is 5.32 Å². The van der Waals surface area contributed by atoms with Gasteiger partial charge in [-0.15, -0.1) is 11.3 Å². The maximum Gasteiger partial charge on any atom is 0.270 e. The van der Waals surface area contributed by atoms with Crippen molar-refractivity contribution in [3.8, 4) is 0 Å². The van der Waals surface area contributed by atoms with Crippen molar-refractivity contribution in [2.24, 2.45) is 5.92 Å². The number of thiazole rings is 1. The van der Waals surface area contributed by atoms with E-state index in [0.29, 0.717) is 28.9 Å². The number of rotatable bonds is 5. The smallest absolute Gasteiger partial charge is 0.270 e.